The van der Waals surface area contributed by atoms with Crippen molar-refractivity contribution in [1.29, 1.82) is 0 Å². The van der Waals surface area contributed by atoms with Crippen LogP contribution >= 0.6 is 0 Å². The molecule has 0 aliphatic rings. The molecule has 0 unspecified atom stereocenters. The van der Waals surface area contributed by atoms with Crippen LogP contribution in [0.4, 0.5) is 9.57 Å². The highest BCUT2D eigenvalue weighted by atomic mass is 32.3. The second kappa shape index (κ2) is 5.54. The number of phenols is 1. The minimum Gasteiger partial charge on any atom is -0.508 e. The van der Waals surface area contributed by atoms with Crippen LogP contribution in [0.2, 0.25) is 0 Å². The van der Waals surface area contributed by atoms with Gasteiger partial charge in [-0.3, -0.25) is 0 Å². The molecular weight excluding hydrogens is 323 g/mol. The summed E-state index contributed by atoms with van der Waals surface area (Å²) in [5, 5.41) is 9.46. The third-order valence-electron chi connectivity index (χ3n) is 3.27. The van der Waals surface area contributed by atoms with Crippen LogP contribution in [-0.4, -0.2) is 18.5 Å². The lowest BCUT2D eigenvalue weighted by atomic mass is 10.2. The fourth-order valence-corrected chi connectivity index (χ4v) is 2.97. The van der Waals surface area contributed by atoms with Gasteiger partial charge in [-0.25, -0.2) is 9.29 Å². The number of anilines is 1. The van der Waals surface area contributed by atoms with E-state index in [4.69, 9.17) is 4.42 Å². The van der Waals surface area contributed by atoms with Crippen LogP contribution < -0.4 is 4.31 Å². The first-order chi connectivity index (χ1) is 10.8. The Hall–Kier alpha value is -2.61. The molecule has 0 aliphatic heterocycles. The number of nitrogens with zero attached hydrogens (tertiary/aromatic N) is 2. The van der Waals surface area contributed by atoms with Crippen molar-refractivity contribution < 1.29 is 21.8 Å². The van der Waals surface area contributed by atoms with E-state index < -0.39 is 10.4 Å². The quantitative estimate of drug-likeness (QED) is 0.740. The monoisotopic (exact) mass is 336 g/mol. The molecule has 23 heavy (non-hydrogen) atoms. The molecule has 1 heterocycles. The zero-order valence-corrected chi connectivity index (χ0v) is 12.9. The standard InChI is InChI=1S/C15H13FN2O4S/c1-10-17-14-8-12(5-6-15(14)22-10)18(23(16,20)21)9-11-3-2-4-13(19)7-11/h2-8,19H,9H2,1H3. The van der Waals surface area contributed by atoms with Gasteiger partial charge in [-0.15, -0.1) is 0 Å². The summed E-state index contributed by atoms with van der Waals surface area (Å²) in [6.07, 6.45) is 0. The molecule has 0 radical (unpaired) electrons. The van der Waals surface area contributed by atoms with E-state index in [1.165, 1.54) is 30.3 Å². The van der Waals surface area contributed by atoms with Gasteiger partial charge in [0.05, 0.1) is 12.2 Å². The lowest BCUT2D eigenvalue weighted by Crippen LogP contribution is -2.26. The third kappa shape index (κ3) is 3.26. The van der Waals surface area contributed by atoms with E-state index in [1.807, 2.05) is 0 Å². The van der Waals surface area contributed by atoms with Gasteiger partial charge in [0, 0.05) is 6.92 Å². The number of halogens is 1. The van der Waals surface area contributed by atoms with Gasteiger partial charge in [0.25, 0.3) is 0 Å². The van der Waals surface area contributed by atoms with Crippen molar-refractivity contribution in [3.8, 4) is 5.75 Å². The van der Waals surface area contributed by atoms with Gasteiger partial charge in [0.2, 0.25) is 0 Å². The van der Waals surface area contributed by atoms with Crippen LogP contribution in [0.15, 0.2) is 46.9 Å². The maximum atomic E-state index is 13.7. The second-order valence-electron chi connectivity index (χ2n) is 5.00. The second-order valence-corrected chi connectivity index (χ2v) is 6.27. The molecule has 120 valence electrons. The molecule has 2 aromatic carbocycles. The van der Waals surface area contributed by atoms with Crippen LogP contribution in [0.25, 0.3) is 11.1 Å². The average molecular weight is 336 g/mol. The Labute approximate surface area is 132 Å². The number of oxazole rings is 1. The predicted molar refractivity (Wildman–Crippen MR) is 83.1 cm³/mol. The van der Waals surface area contributed by atoms with Crippen LogP contribution in [0, 0.1) is 6.92 Å². The van der Waals surface area contributed by atoms with Crippen molar-refractivity contribution in [1.82, 2.24) is 4.98 Å². The Kier molecular flexibility index (Phi) is 3.69. The van der Waals surface area contributed by atoms with E-state index in [-0.39, 0.29) is 18.0 Å². The van der Waals surface area contributed by atoms with Gasteiger partial charge in [-0.1, -0.05) is 16.0 Å². The molecular formula is C15H13FN2O4S. The number of rotatable bonds is 4. The Morgan fingerprint density at radius 1 is 1.26 bits per heavy atom. The molecule has 0 saturated carbocycles. The zero-order valence-electron chi connectivity index (χ0n) is 12.1. The lowest BCUT2D eigenvalue weighted by Gasteiger charge is -2.19. The molecule has 1 aromatic heterocycles. The fraction of sp³-hybridized carbons (Fsp3) is 0.133. The molecule has 0 amide bonds. The van der Waals surface area contributed by atoms with Crippen molar-refractivity contribution in [2.24, 2.45) is 0 Å². The summed E-state index contributed by atoms with van der Waals surface area (Å²) in [5.74, 6) is 0.404. The number of aromatic nitrogens is 1. The Morgan fingerprint density at radius 3 is 2.74 bits per heavy atom. The Morgan fingerprint density at radius 2 is 2.04 bits per heavy atom. The van der Waals surface area contributed by atoms with E-state index in [0.29, 0.717) is 26.9 Å². The van der Waals surface area contributed by atoms with Gasteiger partial charge in [-0.2, -0.15) is 8.42 Å². The SMILES string of the molecule is Cc1nc2cc(N(Cc3cccc(O)c3)S(=O)(=O)F)ccc2o1. The van der Waals surface area contributed by atoms with E-state index in [0.717, 1.165) is 0 Å². The molecule has 3 aromatic rings. The van der Waals surface area contributed by atoms with Gasteiger partial charge in [0.1, 0.15) is 11.3 Å². The first-order valence-corrected chi connectivity index (χ1v) is 8.04. The fourth-order valence-electron chi connectivity index (χ4n) is 2.30. The third-order valence-corrected chi connectivity index (χ3v) is 4.13. The smallest absolute Gasteiger partial charge is 0.399 e. The molecule has 3 rings (SSSR count). The normalized spacial score (nSPS) is 11.7. The number of phenolic OH excluding ortho intramolecular Hbond substituents is 1. The Bertz CT molecular complexity index is 969. The van der Waals surface area contributed by atoms with Crippen molar-refractivity contribution in [2.45, 2.75) is 13.5 Å². The van der Waals surface area contributed by atoms with Gasteiger partial charge in [0.15, 0.2) is 11.5 Å². The summed E-state index contributed by atoms with van der Waals surface area (Å²) in [4.78, 5) is 4.11. The summed E-state index contributed by atoms with van der Waals surface area (Å²) in [5.41, 5.74) is 1.49. The number of fused-ring (bicyclic) bond motifs is 1. The minimum atomic E-state index is -5.00. The summed E-state index contributed by atoms with van der Waals surface area (Å²) in [6, 6.07) is 10.4. The van der Waals surface area contributed by atoms with Gasteiger partial charge < -0.3 is 9.52 Å². The average Bonchev–Trinajstić information content (AvgIpc) is 2.82. The molecule has 1 N–H and O–H groups in total. The molecule has 0 aliphatic carbocycles. The number of hydrogen-bond donors (Lipinski definition) is 1. The molecule has 0 fully saturated rings. The van der Waals surface area contributed by atoms with Crippen LogP contribution in [0.5, 0.6) is 5.75 Å². The molecule has 6 nitrogen and oxygen atoms in total. The summed E-state index contributed by atoms with van der Waals surface area (Å²) in [7, 11) is -5.00. The summed E-state index contributed by atoms with van der Waals surface area (Å²) < 4.78 is 42.7. The van der Waals surface area contributed by atoms with E-state index in [2.05, 4.69) is 4.98 Å². The predicted octanol–water partition coefficient (Wildman–Crippen LogP) is 3.06. The topological polar surface area (TPSA) is 83.6 Å². The number of aryl methyl sites for hydroxylation is 1. The number of aromatic hydroxyl groups is 1. The van der Waals surface area contributed by atoms with Crippen LogP contribution in [0.3, 0.4) is 0 Å². The van der Waals surface area contributed by atoms with Crippen molar-refractivity contribution in [3.63, 3.8) is 0 Å². The molecule has 0 atom stereocenters. The summed E-state index contributed by atoms with van der Waals surface area (Å²) >= 11 is 0. The van der Waals surface area contributed by atoms with Gasteiger partial charge >= 0.3 is 10.4 Å². The lowest BCUT2D eigenvalue weighted by molar-refractivity contribution is 0.474. The minimum absolute atomic E-state index is 0.0266. The van der Waals surface area contributed by atoms with Crippen molar-refractivity contribution in [3.05, 3.63) is 53.9 Å². The molecule has 8 heteroatoms. The van der Waals surface area contributed by atoms with E-state index in [1.54, 1.807) is 19.1 Å². The molecule has 0 spiro atoms. The van der Waals surface area contributed by atoms with Crippen LogP contribution in [0.1, 0.15) is 11.5 Å². The highest BCUT2D eigenvalue weighted by molar-refractivity contribution is 7.87. The number of benzene rings is 2. The van der Waals surface area contributed by atoms with Crippen molar-refractivity contribution in [2.75, 3.05) is 4.31 Å². The maximum Gasteiger partial charge on any atom is 0.399 e. The van der Waals surface area contributed by atoms with E-state index >= 15 is 0 Å². The highest BCUT2D eigenvalue weighted by Gasteiger charge is 2.23. The van der Waals surface area contributed by atoms with Crippen molar-refractivity contribution >= 4 is 27.2 Å². The molecule has 0 bridgehead atoms. The largest absolute Gasteiger partial charge is 0.508 e. The Balaban J connectivity index is 2.04. The maximum absolute atomic E-state index is 13.7. The first kappa shape index (κ1) is 15.3. The van der Waals surface area contributed by atoms with Crippen LogP contribution in [-0.2, 0) is 17.0 Å². The van der Waals surface area contributed by atoms with E-state index in [9.17, 15) is 17.4 Å². The summed E-state index contributed by atoms with van der Waals surface area (Å²) in [6.45, 7) is 1.41. The number of hydrogen-bond acceptors (Lipinski definition) is 5. The first-order valence-electron chi connectivity index (χ1n) is 6.70. The molecule has 0 saturated heterocycles. The highest BCUT2D eigenvalue weighted by Crippen LogP contribution is 2.27. The van der Waals surface area contributed by atoms with Gasteiger partial charge in [-0.05, 0) is 35.9 Å². The zero-order chi connectivity index (χ0) is 16.6.